The molecule has 1 unspecified atom stereocenters. The lowest BCUT2D eigenvalue weighted by atomic mass is 9.94. The number of para-hydroxylation sites is 2. The molecule has 1 atom stereocenters. The lowest BCUT2D eigenvalue weighted by Gasteiger charge is -2.38. The van der Waals surface area contributed by atoms with Gasteiger partial charge in [-0.2, -0.15) is 0 Å². The van der Waals surface area contributed by atoms with Gasteiger partial charge in [0.2, 0.25) is 0 Å². The number of aliphatic imine (C=N–C) groups is 1. The van der Waals surface area contributed by atoms with E-state index in [0.29, 0.717) is 11.8 Å². The van der Waals surface area contributed by atoms with Crippen LogP contribution >= 0.6 is 24.0 Å². The third kappa shape index (κ3) is 8.20. The van der Waals surface area contributed by atoms with Crippen molar-refractivity contribution in [2.24, 2.45) is 16.8 Å². The number of hydrogen-bond donors (Lipinski definition) is 2. The van der Waals surface area contributed by atoms with Gasteiger partial charge >= 0.3 is 0 Å². The number of piperazine rings is 1. The highest BCUT2D eigenvalue weighted by Gasteiger charge is 2.22. The second-order valence-corrected chi connectivity index (χ2v) is 7.85. The molecule has 1 heterocycles. The molecule has 0 amide bonds. The van der Waals surface area contributed by atoms with Gasteiger partial charge in [0, 0.05) is 45.9 Å². The van der Waals surface area contributed by atoms with Crippen LogP contribution in [0.5, 0.6) is 5.75 Å². The Hall–Kier alpha value is -1.22. The van der Waals surface area contributed by atoms with Crippen LogP contribution < -0.4 is 15.0 Å². The molecular weight excluding hydrogens is 479 g/mol. The number of halogens is 1. The summed E-state index contributed by atoms with van der Waals surface area (Å²) in [6.07, 6.45) is 1.92. The van der Waals surface area contributed by atoms with Gasteiger partial charge in [-0.15, -0.1) is 24.0 Å². The maximum absolute atomic E-state index is 9.36. The highest BCUT2D eigenvalue weighted by atomic mass is 127. The van der Waals surface area contributed by atoms with Crippen molar-refractivity contribution in [3.05, 3.63) is 24.3 Å². The Bertz CT molecular complexity index is 604. The summed E-state index contributed by atoms with van der Waals surface area (Å²) >= 11 is 0. The summed E-state index contributed by atoms with van der Waals surface area (Å²) in [4.78, 5) is 9.65. The molecule has 2 N–H and O–H groups in total. The number of ether oxygens (including phenoxy) is 1. The molecule has 0 aromatic heterocycles. The van der Waals surface area contributed by atoms with Crippen molar-refractivity contribution >= 4 is 35.6 Å². The van der Waals surface area contributed by atoms with Crippen LogP contribution in [0.15, 0.2) is 29.3 Å². The van der Waals surface area contributed by atoms with Gasteiger partial charge < -0.3 is 25.0 Å². The molecule has 0 spiro atoms. The number of benzene rings is 1. The van der Waals surface area contributed by atoms with Crippen molar-refractivity contribution < 1.29 is 9.84 Å². The first-order valence-electron chi connectivity index (χ1n) is 10.6. The molecule has 1 aromatic rings. The number of aliphatic hydroxyl groups is 1. The van der Waals surface area contributed by atoms with E-state index in [2.05, 4.69) is 48.0 Å². The van der Waals surface area contributed by atoms with Gasteiger partial charge in [0.15, 0.2) is 5.96 Å². The summed E-state index contributed by atoms with van der Waals surface area (Å²) < 4.78 is 5.52. The van der Waals surface area contributed by atoms with E-state index in [1.165, 1.54) is 0 Å². The molecule has 6 nitrogen and oxygen atoms in total. The number of hydrogen-bond acceptors (Lipinski definition) is 4. The molecule has 1 aromatic carbocycles. The van der Waals surface area contributed by atoms with Crippen LogP contribution in [0.25, 0.3) is 0 Å². The highest BCUT2D eigenvalue weighted by Crippen LogP contribution is 2.28. The minimum Gasteiger partial charge on any atom is -0.495 e. The van der Waals surface area contributed by atoms with Crippen LogP contribution in [0.3, 0.4) is 0 Å². The average Bonchev–Trinajstić information content (AvgIpc) is 2.71. The standard InChI is InChI=1S/C22H38N4O2.HI/c1-5-23-22(24-17-19(10-15-27)16-18(2)3)26-13-11-25(12-14-26)20-8-6-7-9-21(20)28-4;/h6-9,18-19,27H,5,10-17H2,1-4H3,(H,23,24);1H. The van der Waals surface area contributed by atoms with Gasteiger partial charge in [0.1, 0.15) is 5.75 Å². The SMILES string of the molecule is CCNC(=NCC(CCO)CC(C)C)N1CCN(c2ccccc2OC)CC1.I. The zero-order chi connectivity index (χ0) is 20.4. The number of guanidine groups is 1. The number of methoxy groups -OCH3 is 1. The Labute approximate surface area is 193 Å². The summed E-state index contributed by atoms with van der Waals surface area (Å²) in [6.45, 7) is 12.2. The second-order valence-electron chi connectivity index (χ2n) is 7.85. The smallest absolute Gasteiger partial charge is 0.194 e. The molecule has 0 radical (unpaired) electrons. The first-order valence-corrected chi connectivity index (χ1v) is 10.6. The molecule has 2 rings (SSSR count). The van der Waals surface area contributed by atoms with E-state index in [9.17, 15) is 5.11 Å². The summed E-state index contributed by atoms with van der Waals surface area (Å²) in [5.41, 5.74) is 1.16. The van der Waals surface area contributed by atoms with Crippen molar-refractivity contribution in [3.63, 3.8) is 0 Å². The minimum absolute atomic E-state index is 0. The van der Waals surface area contributed by atoms with Crippen LogP contribution in [-0.4, -0.2) is 69.0 Å². The van der Waals surface area contributed by atoms with E-state index in [0.717, 1.165) is 69.5 Å². The fraction of sp³-hybridized carbons (Fsp3) is 0.682. The van der Waals surface area contributed by atoms with Gasteiger partial charge in [-0.3, -0.25) is 4.99 Å². The minimum atomic E-state index is 0. The maximum atomic E-state index is 9.36. The summed E-state index contributed by atoms with van der Waals surface area (Å²) in [5.74, 6) is 2.98. The third-order valence-electron chi connectivity index (χ3n) is 5.18. The Morgan fingerprint density at radius 3 is 2.48 bits per heavy atom. The first-order chi connectivity index (χ1) is 13.6. The van der Waals surface area contributed by atoms with Gasteiger partial charge in [-0.25, -0.2) is 0 Å². The normalized spacial score (nSPS) is 15.9. The van der Waals surface area contributed by atoms with Crippen LogP contribution in [-0.2, 0) is 0 Å². The fourth-order valence-corrected chi connectivity index (χ4v) is 3.82. The number of nitrogens with one attached hydrogen (secondary N) is 1. The number of nitrogens with zero attached hydrogens (tertiary/aromatic N) is 3. The molecule has 1 fully saturated rings. The predicted octanol–water partition coefficient (Wildman–Crippen LogP) is 3.45. The number of rotatable bonds is 9. The van der Waals surface area contributed by atoms with Gasteiger partial charge in [0.05, 0.1) is 12.8 Å². The highest BCUT2D eigenvalue weighted by molar-refractivity contribution is 14.0. The molecule has 7 heteroatoms. The van der Waals surface area contributed by atoms with Gasteiger partial charge in [0.25, 0.3) is 0 Å². The molecule has 0 saturated carbocycles. The van der Waals surface area contributed by atoms with Crippen LogP contribution in [0.2, 0.25) is 0 Å². The number of anilines is 1. The van der Waals surface area contributed by atoms with Crippen molar-refractivity contribution in [2.75, 3.05) is 57.9 Å². The third-order valence-corrected chi connectivity index (χ3v) is 5.18. The van der Waals surface area contributed by atoms with Crippen molar-refractivity contribution in [3.8, 4) is 5.75 Å². The van der Waals surface area contributed by atoms with E-state index < -0.39 is 0 Å². The largest absolute Gasteiger partial charge is 0.495 e. The van der Waals surface area contributed by atoms with Crippen molar-refractivity contribution in [2.45, 2.75) is 33.6 Å². The zero-order valence-electron chi connectivity index (χ0n) is 18.4. The van der Waals surface area contributed by atoms with Crippen LogP contribution in [0.4, 0.5) is 5.69 Å². The van der Waals surface area contributed by atoms with E-state index in [1.54, 1.807) is 7.11 Å². The summed E-state index contributed by atoms with van der Waals surface area (Å²) in [6, 6.07) is 8.21. The average molecular weight is 518 g/mol. The quantitative estimate of drug-likeness (QED) is 0.298. The van der Waals surface area contributed by atoms with Crippen LogP contribution in [0, 0.1) is 11.8 Å². The molecule has 166 valence electrons. The van der Waals surface area contributed by atoms with Crippen molar-refractivity contribution in [1.29, 1.82) is 0 Å². The fourth-order valence-electron chi connectivity index (χ4n) is 3.82. The van der Waals surface area contributed by atoms with E-state index in [4.69, 9.17) is 9.73 Å². The number of aliphatic hydroxyl groups excluding tert-OH is 1. The lowest BCUT2D eigenvalue weighted by molar-refractivity contribution is 0.245. The summed E-state index contributed by atoms with van der Waals surface area (Å²) in [7, 11) is 1.73. The van der Waals surface area contributed by atoms with E-state index in [1.807, 2.05) is 12.1 Å². The molecule has 29 heavy (non-hydrogen) atoms. The predicted molar refractivity (Wildman–Crippen MR) is 133 cm³/mol. The van der Waals surface area contributed by atoms with Gasteiger partial charge in [-0.05, 0) is 43.7 Å². The molecule has 1 aliphatic rings. The Balaban J connectivity index is 0.00000420. The second kappa shape index (κ2) is 13.9. The van der Waals surface area contributed by atoms with E-state index in [-0.39, 0.29) is 30.6 Å². The zero-order valence-corrected chi connectivity index (χ0v) is 20.8. The topological polar surface area (TPSA) is 60.3 Å². The molecule has 0 bridgehead atoms. The lowest BCUT2D eigenvalue weighted by Crippen LogP contribution is -2.52. The Kier molecular flexibility index (Phi) is 12.4. The molecule has 1 aliphatic heterocycles. The molecule has 1 saturated heterocycles. The van der Waals surface area contributed by atoms with E-state index >= 15 is 0 Å². The molecule has 0 aliphatic carbocycles. The monoisotopic (exact) mass is 518 g/mol. The first kappa shape index (κ1) is 25.8. The van der Waals surface area contributed by atoms with Gasteiger partial charge in [-0.1, -0.05) is 26.0 Å². The Morgan fingerprint density at radius 1 is 1.21 bits per heavy atom. The Morgan fingerprint density at radius 2 is 1.90 bits per heavy atom. The molecular formula is C22H39IN4O2. The van der Waals surface area contributed by atoms with Crippen LogP contribution in [0.1, 0.15) is 33.6 Å². The van der Waals surface area contributed by atoms with Crippen molar-refractivity contribution in [1.82, 2.24) is 10.2 Å². The summed E-state index contributed by atoms with van der Waals surface area (Å²) in [5, 5.41) is 12.8. The maximum Gasteiger partial charge on any atom is 0.194 e.